The molecule has 2 aromatic rings. The quantitative estimate of drug-likeness (QED) is 0.616. The second kappa shape index (κ2) is 9.78. The number of nitrogens with two attached hydrogens (primary N) is 1. The van der Waals surface area contributed by atoms with Crippen LogP contribution in [0.3, 0.4) is 0 Å². The molecule has 0 spiro atoms. The van der Waals surface area contributed by atoms with Gasteiger partial charge in [-0.3, -0.25) is 0 Å². The summed E-state index contributed by atoms with van der Waals surface area (Å²) in [6.45, 7) is -1.21. The summed E-state index contributed by atoms with van der Waals surface area (Å²) in [5.74, 6) is 0.144. The van der Waals surface area contributed by atoms with Gasteiger partial charge in [0.1, 0.15) is 6.54 Å². The molecule has 3 rings (SSSR count). The molecule has 14 heteroatoms. The largest absolute Gasteiger partial charge is 0.417 e. The van der Waals surface area contributed by atoms with Gasteiger partial charge in [0.05, 0.1) is 23.7 Å². The van der Waals surface area contributed by atoms with E-state index in [9.17, 15) is 31.1 Å². The van der Waals surface area contributed by atoms with E-state index in [1.165, 1.54) is 11.0 Å². The summed E-state index contributed by atoms with van der Waals surface area (Å²) in [6, 6.07) is 3.20. The summed E-state index contributed by atoms with van der Waals surface area (Å²) >= 11 is 0. The maximum absolute atomic E-state index is 13.3. The molecule has 0 aliphatic carbocycles. The van der Waals surface area contributed by atoms with E-state index in [4.69, 9.17) is 15.5 Å². The Balaban J connectivity index is 1.76. The molecule has 1 fully saturated rings. The van der Waals surface area contributed by atoms with E-state index in [2.05, 4.69) is 10.1 Å². The topological polar surface area (TPSA) is 112 Å². The summed E-state index contributed by atoms with van der Waals surface area (Å²) in [7, 11) is 0. The molecule has 8 nitrogen and oxygen atoms in total. The van der Waals surface area contributed by atoms with Crippen molar-refractivity contribution in [1.82, 2.24) is 15.0 Å². The van der Waals surface area contributed by atoms with Crippen molar-refractivity contribution in [2.75, 3.05) is 24.5 Å². The minimum Gasteiger partial charge on any atom is -0.355 e. The van der Waals surface area contributed by atoms with Crippen LogP contribution in [-0.4, -0.2) is 46.9 Å². The number of halogens is 6. The molecule has 0 atom stereocenters. The molecule has 1 saturated heterocycles. The van der Waals surface area contributed by atoms with E-state index in [-0.39, 0.29) is 17.6 Å². The number of nitriles is 1. The number of carbonyl (C=O) groups is 1. The highest BCUT2D eigenvalue weighted by molar-refractivity contribution is 5.72. The number of likely N-dealkylation sites (tertiary alicyclic amines) is 1. The normalized spacial score (nSPS) is 15.3. The fraction of sp³-hybridized carbons (Fsp3) is 0.500. The van der Waals surface area contributed by atoms with Crippen molar-refractivity contribution in [2.45, 2.75) is 38.2 Å². The molecule has 1 aromatic carbocycles. The van der Waals surface area contributed by atoms with Crippen LogP contribution in [0.2, 0.25) is 0 Å². The van der Waals surface area contributed by atoms with Gasteiger partial charge < -0.3 is 20.1 Å². The van der Waals surface area contributed by atoms with Crippen LogP contribution in [0.15, 0.2) is 22.7 Å². The van der Waals surface area contributed by atoms with E-state index in [0.29, 0.717) is 43.3 Å². The number of amides is 2. The number of anilines is 1. The van der Waals surface area contributed by atoms with Crippen LogP contribution in [0.5, 0.6) is 0 Å². The highest BCUT2D eigenvalue weighted by Gasteiger charge is 2.36. The third-order valence-electron chi connectivity index (χ3n) is 5.40. The first kappa shape index (κ1) is 25.1. The molecule has 2 N–H and O–H groups in total. The first-order chi connectivity index (χ1) is 15.9. The van der Waals surface area contributed by atoms with E-state index in [0.717, 1.165) is 12.1 Å². The van der Waals surface area contributed by atoms with Crippen molar-refractivity contribution >= 4 is 11.7 Å². The van der Waals surface area contributed by atoms with E-state index < -0.39 is 48.3 Å². The zero-order valence-corrected chi connectivity index (χ0v) is 17.7. The number of hydrogen-bond donors (Lipinski definition) is 1. The van der Waals surface area contributed by atoms with Gasteiger partial charge in [-0.25, -0.2) is 4.79 Å². The Bertz CT molecular complexity index is 1050. The zero-order chi connectivity index (χ0) is 25.1. The van der Waals surface area contributed by atoms with Gasteiger partial charge >= 0.3 is 18.4 Å². The molecule has 0 unspecified atom stereocenters. The Kier molecular flexibility index (Phi) is 7.23. The maximum Gasteiger partial charge on any atom is 0.417 e. The maximum atomic E-state index is 13.3. The number of piperidine rings is 1. The monoisotopic (exact) mass is 490 g/mol. The van der Waals surface area contributed by atoms with Crippen LogP contribution in [-0.2, 0) is 19.1 Å². The summed E-state index contributed by atoms with van der Waals surface area (Å²) in [5, 5.41) is 12.6. The summed E-state index contributed by atoms with van der Waals surface area (Å²) in [6.07, 6.45) is -8.05. The predicted octanol–water partition coefficient (Wildman–Crippen LogP) is 3.86. The molecule has 0 saturated carbocycles. The SMILES string of the molecule is N#Cc1ccc(N(Cc2noc(CC3CCN(C(N)=O)CC3)n2)CC(F)(F)F)cc1C(F)(F)F. The van der Waals surface area contributed by atoms with Crippen LogP contribution in [0.4, 0.5) is 36.8 Å². The zero-order valence-electron chi connectivity index (χ0n) is 17.7. The number of carbonyl (C=O) groups excluding carboxylic acids is 1. The summed E-state index contributed by atoms with van der Waals surface area (Å²) in [5.41, 5.74) is 2.81. The van der Waals surface area contributed by atoms with Gasteiger partial charge in [-0.1, -0.05) is 5.16 Å². The van der Waals surface area contributed by atoms with Crippen LogP contribution < -0.4 is 10.6 Å². The lowest BCUT2D eigenvalue weighted by molar-refractivity contribution is -0.137. The fourth-order valence-corrected chi connectivity index (χ4v) is 3.73. The van der Waals surface area contributed by atoms with Gasteiger partial charge in [0.25, 0.3) is 0 Å². The number of benzene rings is 1. The Labute approximate surface area is 189 Å². The lowest BCUT2D eigenvalue weighted by Crippen LogP contribution is -2.41. The van der Waals surface area contributed by atoms with Gasteiger partial charge in [-0.05, 0) is 37.0 Å². The second-order valence-electron chi connectivity index (χ2n) is 7.89. The highest BCUT2D eigenvalue weighted by atomic mass is 19.4. The molecule has 2 heterocycles. The molecule has 1 aliphatic rings. The van der Waals surface area contributed by atoms with Crippen LogP contribution in [0.1, 0.15) is 35.7 Å². The minimum absolute atomic E-state index is 0.100. The van der Waals surface area contributed by atoms with Crippen LogP contribution in [0.25, 0.3) is 0 Å². The third kappa shape index (κ3) is 6.52. The van der Waals surface area contributed by atoms with Crippen molar-refractivity contribution in [3.8, 4) is 6.07 Å². The van der Waals surface area contributed by atoms with Crippen molar-refractivity contribution in [2.24, 2.45) is 11.7 Å². The number of urea groups is 1. The number of primary amides is 1. The van der Waals surface area contributed by atoms with E-state index >= 15 is 0 Å². The van der Waals surface area contributed by atoms with Gasteiger partial charge in [0.15, 0.2) is 5.82 Å². The van der Waals surface area contributed by atoms with Crippen LogP contribution in [0, 0.1) is 17.2 Å². The molecule has 2 amide bonds. The molecule has 184 valence electrons. The van der Waals surface area contributed by atoms with Crippen molar-refractivity contribution in [3.05, 3.63) is 41.0 Å². The van der Waals surface area contributed by atoms with Gasteiger partial charge in [-0.15, -0.1) is 0 Å². The van der Waals surface area contributed by atoms with Crippen molar-refractivity contribution in [3.63, 3.8) is 0 Å². The van der Waals surface area contributed by atoms with Crippen molar-refractivity contribution in [1.29, 1.82) is 5.26 Å². The highest BCUT2D eigenvalue weighted by Crippen LogP contribution is 2.35. The fourth-order valence-electron chi connectivity index (χ4n) is 3.73. The minimum atomic E-state index is -4.92. The Morgan fingerprint density at radius 3 is 2.47 bits per heavy atom. The predicted molar refractivity (Wildman–Crippen MR) is 105 cm³/mol. The van der Waals surface area contributed by atoms with E-state index in [1.807, 2.05) is 0 Å². The summed E-state index contributed by atoms with van der Waals surface area (Å²) < 4.78 is 84.4. The average Bonchev–Trinajstić information content (AvgIpc) is 3.18. The molecule has 0 bridgehead atoms. The average molecular weight is 490 g/mol. The second-order valence-corrected chi connectivity index (χ2v) is 7.89. The number of hydrogen-bond acceptors (Lipinski definition) is 6. The van der Waals surface area contributed by atoms with Crippen molar-refractivity contribution < 1.29 is 35.7 Å². The Morgan fingerprint density at radius 1 is 1.24 bits per heavy atom. The van der Waals surface area contributed by atoms with Gasteiger partial charge in [0, 0.05) is 25.2 Å². The molecule has 1 aliphatic heterocycles. The smallest absolute Gasteiger partial charge is 0.355 e. The Morgan fingerprint density at radius 2 is 1.91 bits per heavy atom. The Hall–Kier alpha value is -3.50. The standard InChI is InChI=1S/C20H20F6N6O2/c21-19(22,23)11-32(14-2-1-13(9-27)15(8-14)20(24,25)26)10-16-29-17(34-30-16)7-12-3-5-31(6-4-12)18(28)33/h1-2,8,12H,3-7,10-11H2,(H2,28,33). The molecular formula is C20H20F6N6O2. The lowest BCUT2D eigenvalue weighted by atomic mass is 9.94. The van der Waals surface area contributed by atoms with Gasteiger partial charge in [0.2, 0.25) is 5.89 Å². The molecule has 1 aromatic heterocycles. The molecule has 0 radical (unpaired) electrons. The number of rotatable bonds is 6. The number of alkyl halides is 6. The third-order valence-corrected chi connectivity index (χ3v) is 5.40. The number of nitrogens with zero attached hydrogens (tertiary/aromatic N) is 5. The first-order valence-corrected chi connectivity index (χ1v) is 10.1. The van der Waals surface area contributed by atoms with E-state index in [1.54, 1.807) is 0 Å². The van der Waals surface area contributed by atoms with Crippen LogP contribution >= 0.6 is 0 Å². The lowest BCUT2D eigenvalue weighted by Gasteiger charge is -2.29. The van der Waals surface area contributed by atoms with Gasteiger partial charge in [-0.2, -0.15) is 36.6 Å². The first-order valence-electron chi connectivity index (χ1n) is 10.1. The molecule has 34 heavy (non-hydrogen) atoms. The summed E-state index contributed by atoms with van der Waals surface area (Å²) in [4.78, 5) is 17.4. The number of aromatic nitrogens is 2. The molecular weight excluding hydrogens is 470 g/mol.